The van der Waals surface area contributed by atoms with Gasteiger partial charge in [-0.2, -0.15) is 0 Å². The largest absolute Gasteiger partial charge is 0.491 e. The van der Waals surface area contributed by atoms with E-state index < -0.39 is 0 Å². The van der Waals surface area contributed by atoms with Crippen LogP contribution in [0.15, 0.2) is 48.5 Å². The van der Waals surface area contributed by atoms with Gasteiger partial charge >= 0.3 is 0 Å². The van der Waals surface area contributed by atoms with Crippen molar-refractivity contribution in [2.75, 3.05) is 11.9 Å². The summed E-state index contributed by atoms with van der Waals surface area (Å²) in [7, 11) is 0. The van der Waals surface area contributed by atoms with Crippen LogP contribution in [-0.2, 0) is 0 Å². The molecule has 29 heavy (non-hydrogen) atoms. The first kappa shape index (κ1) is 22.4. The van der Waals surface area contributed by atoms with Crippen molar-refractivity contribution in [3.05, 3.63) is 59.7 Å². The molecule has 0 aliphatic heterocycles. The zero-order valence-electron chi connectivity index (χ0n) is 17.0. The van der Waals surface area contributed by atoms with Crippen LogP contribution in [0.1, 0.15) is 54.3 Å². The number of carbonyl (C=O) groups excluding carboxylic acids is 2. The molecule has 2 aromatic carbocycles. The fourth-order valence-corrected chi connectivity index (χ4v) is 2.72. The monoisotopic (exact) mass is 413 g/mol. The van der Waals surface area contributed by atoms with Gasteiger partial charge in [0.2, 0.25) is 0 Å². The molecular formula is C22H27N3O3S. The van der Waals surface area contributed by atoms with Crippen LogP contribution in [0.4, 0.5) is 5.69 Å². The third kappa shape index (κ3) is 7.54. The molecule has 0 radical (unpaired) electrons. The molecule has 154 valence electrons. The SMILES string of the molecule is CCCCNC(=O)c1cccc(NC(=S)NC(=O)c2ccc(OC(C)C)cc2)c1. The molecule has 3 N–H and O–H groups in total. The molecule has 0 atom stereocenters. The highest BCUT2D eigenvalue weighted by Gasteiger charge is 2.10. The number of benzene rings is 2. The number of amides is 2. The minimum Gasteiger partial charge on any atom is -0.491 e. The molecule has 0 aliphatic rings. The Balaban J connectivity index is 1.92. The van der Waals surface area contributed by atoms with Crippen molar-refractivity contribution in [2.45, 2.75) is 39.7 Å². The summed E-state index contributed by atoms with van der Waals surface area (Å²) >= 11 is 5.22. The zero-order valence-corrected chi connectivity index (χ0v) is 17.8. The highest BCUT2D eigenvalue weighted by molar-refractivity contribution is 7.80. The van der Waals surface area contributed by atoms with Crippen LogP contribution < -0.4 is 20.7 Å². The Labute approximate surface area is 177 Å². The van der Waals surface area contributed by atoms with Crippen LogP contribution in [0, 0.1) is 0 Å². The van der Waals surface area contributed by atoms with Crippen LogP contribution >= 0.6 is 12.2 Å². The van der Waals surface area contributed by atoms with Crippen molar-refractivity contribution in [2.24, 2.45) is 0 Å². The smallest absolute Gasteiger partial charge is 0.257 e. The first-order valence-corrected chi connectivity index (χ1v) is 10.1. The van der Waals surface area contributed by atoms with E-state index in [1.54, 1.807) is 48.5 Å². The van der Waals surface area contributed by atoms with Crippen LogP contribution in [0.5, 0.6) is 5.75 Å². The number of hydrogen-bond donors (Lipinski definition) is 3. The van der Waals surface area contributed by atoms with E-state index >= 15 is 0 Å². The van der Waals surface area contributed by atoms with Gasteiger partial charge in [0.05, 0.1) is 6.10 Å². The van der Waals surface area contributed by atoms with Crippen molar-refractivity contribution in [3.63, 3.8) is 0 Å². The molecule has 0 fully saturated rings. The maximum atomic E-state index is 12.4. The molecular weight excluding hydrogens is 386 g/mol. The number of thiocarbonyl (C=S) groups is 1. The van der Waals surface area contributed by atoms with Gasteiger partial charge in [-0.25, -0.2) is 0 Å². The highest BCUT2D eigenvalue weighted by atomic mass is 32.1. The van der Waals surface area contributed by atoms with Crippen molar-refractivity contribution in [1.82, 2.24) is 10.6 Å². The lowest BCUT2D eigenvalue weighted by atomic mass is 10.2. The van der Waals surface area contributed by atoms with Gasteiger partial charge < -0.3 is 15.4 Å². The lowest BCUT2D eigenvalue weighted by Crippen LogP contribution is -2.34. The third-order valence-electron chi connectivity index (χ3n) is 3.91. The third-order valence-corrected chi connectivity index (χ3v) is 4.12. The molecule has 0 unspecified atom stereocenters. The molecule has 0 aliphatic carbocycles. The van der Waals surface area contributed by atoms with Gasteiger partial charge in [0.1, 0.15) is 5.75 Å². The van der Waals surface area contributed by atoms with Crippen LogP contribution in [-0.4, -0.2) is 29.6 Å². The quantitative estimate of drug-likeness (QED) is 0.448. The summed E-state index contributed by atoms with van der Waals surface area (Å²) in [6.07, 6.45) is 2.02. The number of ether oxygens (including phenoxy) is 1. The van der Waals surface area contributed by atoms with Crippen LogP contribution in [0.25, 0.3) is 0 Å². The van der Waals surface area contributed by atoms with Gasteiger partial charge in [-0.3, -0.25) is 14.9 Å². The Kier molecular flexibility index (Phi) is 8.61. The van der Waals surface area contributed by atoms with Crippen molar-refractivity contribution >= 4 is 34.8 Å². The standard InChI is InChI=1S/C22H27N3O3S/c1-4-5-13-23-20(26)17-7-6-8-18(14-17)24-22(29)25-21(27)16-9-11-19(12-10-16)28-15(2)3/h6-12,14-15H,4-5,13H2,1-3H3,(H,23,26)(H2,24,25,27,29). The summed E-state index contributed by atoms with van der Waals surface area (Å²) < 4.78 is 5.57. The average Bonchev–Trinajstić information content (AvgIpc) is 2.68. The Bertz CT molecular complexity index is 851. The molecule has 2 amide bonds. The van der Waals surface area contributed by atoms with E-state index in [-0.39, 0.29) is 23.0 Å². The second-order valence-electron chi connectivity index (χ2n) is 6.79. The van der Waals surface area contributed by atoms with Gasteiger partial charge in [-0.15, -0.1) is 0 Å². The summed E-state index contributed by atoms with van der Waals surface area (Å²) in [5.41, 5.74) is 1.62. The Morgan fingerprint density at radius 1 is 1.03 bits per heavy atom. The summed E-state index contributed by atoms with van der Waals surface area (Å²) in [5, 5.41) is 8.60. The van der Waals surface area contributed by atoms with E-state index in [9.17, 15) is 9.59 Å². The molecule has 0 spiro atoms. The van der Waals surface area contributed by atoms with Gasteiger partial charge in [0.25, 0.3) is 11.8 Å². The van der Waals surface area contributed by atoms with E-state index in [0.29, 0.717) is 29.1 Å². The fraction of sp³-hybridized carbons (Fsp3) is 0.318. The normalized spacial score (nSPS) is 10.3. The predicted molar refractivity (Wildman–Crippen MR) is 120 cm³/mol. The number of rotatable bonds is 8. The van der Waals surface area contributed by atoms with Gasteiger partial charge in [0.15, 0.2) is 5.11 Å². The number of hydrogen-bond acceptors (Lipinski definition) is 4. The maximum absolute atomic E-state index is 12.4. The summed E-state index contributed by atoms with van der Waals surface area (Å²) in [5.74, 6) is 0.235. The molecule has 0 saturated heterocycles. The average molecular weight is 414 g/mol. The Morgan fingerprint density at radius 2 is 1.76 bits per heavy atom. The maximum Gasteiger partial charge on any atom is 0.257 e. The highest BCUT2D eigenvalue weighted by Crippen LogP contribution is 2.14. The number of anilines is 1. The van der Waals surface area contributed by atoms with Crippen molar-refractivity contribution in [1.29, 1.82) is 0 Å². The summed E-state index contributed by atoms with van der Waals surface area (Å²) in [6.45, 7) is 6.59. The topological polar surface area (TPSA) is 79.5 Å². The molecule has 0 saturated carbocycles. The van der Waals surface area contributed by atoms with Gasteiger partial charge in [-0.1, -0.05) is 19.4 Å². The molecule has 0 bridgehead atoms. The van der Waals surface area contributed by atoms with Crippen molar-refractivity contribution in [3.8, 4) is 5.75 Å². The Morgan fingerprint density at radius 3 is 2.41 bits per heavy atom. The van der Waals surface area contributed by atoms with E-state index in [2.05, 4.69) is 22.9 Å². The first-order valence-electron chi connectivity index (χ1n) is 9.66. The first-order chi connectivity index (χ1) is 13.9. The van der Waals surface area contributed by atoms with Crippen molar-refractivity contribution < 1.29 is 14.3 Å². The predicted octanol–water partition coefficient (Wildman–Crippen LogP) is 4.13. The lowest BCUT2D eigenvalue weighted by Gasteiger charge is -2.12. The zero-order chi connectivity index (χ0) is 21.2. The number of unbranched alkanes of at least 4 members (excludes halogenated alkanes) is 1. The molecule has 0 aromatic heterocycles. The van der Waals surface area contributed by atoms with E-state index in [0.717, 1.165) is 12.8 Å². The number of nitrogens with one attached hydrogen (secondary N) is 3. The Hall–Kier alpha value is -2.93. The summed E-state index contributed by atoms with van der Waals surface area (Å²) in [6, 6.07) is 13.8. The van der Waals surface area contributed by atoms with Gasteiger partial charge in [-0.05, 0) is 75.0 Å². The summed E-state index contributed by atoms with van der Waals surface area (Å²) in [4.78, 5) is 24.5. The molecule has 2 rings (SSSR count). The van der Waals surface area contributed by atoms with E-state index in [1.807, 2.05) is 13.8 Å². The van der Waals surface area contributed by atoms with Gasteiger partial charge in [0, 0.05) is 23.4 Å². The van der Waals surface area contributed by atoms with E-state index in [4.69, 9.17) is 17.0 Å². The fourth-order valence-electron chi connectivity index (χ4n) is 2.51. The second-order valence-corrected chi connectivity index (χ2v) is 7.20. The minimum atomic E-state index is -0.327. The molecule has 2 aromatic rings. The molecule has 0 heterocycles. The number of carbonyl (C=O) groups is 2. The molecule has 7 heteroatoms. The second kappa shape index (κ2) is 11.2. The van der Waals surface area contributed by atoms with E-state index in [1.165, 1.54) is 0 Å². The minimum absolute atomic E-state index is 0.0657. The lowest BCUT2D eigenvalue weighted by molar-refractivity contribution is 0.0950. The van der Waals surface area contributed by atoms with Crippen LogP contribution in [0.2, 0.25) is 0 Å². The van der Waals surface area contributed by atoms with Crippen LogP contribution in [0.3, 0.4) is 0 Å². The molecule has 6 nitrogen and oxygen atoms in total.